The molecule has 4 rings (SSSR count). The van der Waals surface area contributed by atoms with Crippen molar-refractivity contribution in [1.82, 2.24) is 4.98 Å². The first-order valence-electron chi connectivity index (χ1n) is 8.68. The van der Waals surface area contributed by atoms with Crippen molar-refractivity contribution in [2.75, 3.05) is 23.3 Å². The number of fused-ring (bicyclic) bond motifs is 1. The molecule has 1 aliphatic rings. The average Bonchev–Trinajstić information content (AvgIpc) is 3.12. The van der Waals surface area contributed by atoms with Crippen LogP contribution in [0.2, 0.25) is 0 Å². The molecular formula is C19H17N3O5S2. The highest BCUT2D eigenvalue weighted by atomic mass is 32.2. The highest BCUT2D eigenvalue weighted by Crippen LogP contribution is 2.33. The number of nitrogens with one attached hydrogen (secondary N) is 2. The number of thiazole rings is 1. The summed E-state index contributed by atoms with van der Waals surface area (Å²) in [6.45, 7) is 2.64. The minimum absolute atomic E-state index is 0.00695. The summed E-state index contributed by atoms with van der Waals surface area (Å²) in [4.78, 5) is 17.7. The third kappa shape index (κ3) is 4.17. The number of benzene rings is 2. The molecule has 150 valence electrons. The Morgan fingerprint density at radius 2 is 1.86 bits per heavy atom. The highest BCUT2D eigenvalue weighted by Gasteiger charge is 2.22. The van der Waals surface area contributed by atoms with Gasteiger partial charge in [-0.15, -0.1) is 11.3 Å². The maximum Gasteiger partial charge on any atom is 0.262 e. The zero-order chi connectivity index (χ0) is 20.4. The van der Waals surface area contributed by atoms with Crippen molar-refractivity contribution in [2.24, 2.45) is 0 Å². The minimum atomic E-state index is -3.95. The molecule has 3 aromatic rings. The lowest BCUT2D eigenvalue weighted by Crippen LogP contribution is -2.19. The molecule has 0 saturated heterocycles. The van der Waals surface area contributed by atoms with Crippen molar-refractivity contribution in [3.05, 3.63) is 59.1 Å². The lowest BCUT2D eigenvalue weighted by molar-refractivity contribution is 0.102. The van der Waals surface area contributed by atoms with E-state index in [4.69, 9.17) is 9.47 Å². The fourth-order valence-electron chi connectivity index (χ4n) is 2.74. The summed E-state index contributed by atoms with van der Waals surface area (Å²) in [5, 5.41) is 3.12. The van der Waals surface area contributed by atoms with E-state index in [1.807, 2.05) is 6.92 Å². The van der Waals surface area contributed by atoms with Gasteiger partial charge >= 0.3 is 0 Å². The van der Waals surface area contributed by atoms with Gasteiger partial charge in [-0.05, 0) is 31.2 Å². The summed E-state index contributed by atoms with van der Waals surface area (Å²) >= 11 is 1.33. The van der Waals surface area contributed by atoms with Crippen molar-refractivity contribution in [1.29, 1.82) is 0 Å². The molecular weight excluding hydrogens is 414 g/mol. The third-order valence-corrected chi connectivity index (χ3v) is 6.27. The van der Waals surface area contributed by atoms with Gasteiger partial charge in [0.05, 0.1) is 16.1 Å². The zero-order valence-electron chi connectivity index (χ0n) is 15.3. The second-order valence-corrected chi connectivity index (χ2v) is 9.10. The van der Waals surface area contributed by atoms with Crippen molar-refractivity contribution >= 4 is 38.1 Å². The highest BCUT2D eigenvalue weighted by molar-refractivity contribution is 7.92. The molecule has 2 aromatic carbocycles. The summed E-state index contributed by atoms with van der Waals surface area (Å²) in [5.41, 5.74) is 0.342. The molecule has 0 saturated carbocycles. The number of ether oxygens (including phenoxy) is 2. The van der Waals surface area contributed by atoms with E-state index in [9.17, 15) is 13.2 Å². The number of rotatable bonds is 5. The van der Waals surface area contributed by atoms with E-state index in [-0.39, 0.29) is 16.1 Å². The van der Waals surface area contributed by atoms with Crippen LogP contribution in [-0.2, 0) is 10.0 Å². The maximum absolute atomic E-state index is 12.9. The summed E-state index contributed by atoms with van der Waals surface area (Å²) in [7, 11) is -3.95. The molecule has 0 radical (unpaired) electrons. The Morgan fingerprint density at radius 1 is 1.10 bits per heavy atom. The number of carbonyl (C=O) groups is 1. The van der Waals surface area contributed by atoms with Crippen LogP contribution in [-0.4, -0.2) is 32.5 Å². The Hall–Kier alpha value is -3.11. The zero-order valence-corrected chi connectivity index (χ0v) is 17.0. The summed E-state index contributed by atoms with van der Waals surface area (Å²) in [6.07, 6.45) is 1.65. The topological polar surface area (TPSA) is 107 Å². The quantitative estimate of drug-likeness (QED) is 0.642. The van der Waals surface area contributed by atoms with Gasteiger partial charge in [0.1, 0.15) is 13.2 Å². The first-order chi connectivity index (χ1) is 13.9. The molecule has 0 aliphatic carbocycles. The van der Waals surface area contributed by atoms with Crippen molar-refractivity contribution in [3.63, 3.8) is 0 Å². The summed E-state index contributed by atoms with van der Waals surface area (Å²) < 4.78 is 39.1. The number of hydrogen-bond acceptors (Lipinski definition) is 7. The smallest absolute Gasteiger partial charge is 0.262 e. The van der Waals surface area contributed by atoms with E-state index in [0.717, 1.165) is 4.88 Å². The number of carbonyl (C=O) groups excluding carboxylic acids is 1. The second-order valence-electron chi connectivity index (χ2n) is 6.19. The average molecular weight is 431 g/mol. The first-order valence-corrected chi connectivity index (χ1v) is 11.0. The van der Waals surface area contributed by atoms with Crippen molar-refractivity contribution < 1.29 is 22.7 Å². The van der Waals surface area contributed by atoms with Gasteiger partial charge < -0.3 is 9.47 Å². The number of sulfonamides is 1. The molecule has 10 heteroatoms. The fourth-order valence-corrected chi connectivity index (χ4v) is 4.50. The monoisotopic (exact) mass is 431 g/mol. The molecule has 29 heavy (non-hydrogen) atoms. The third-order valence-electron chi connectivity index (χ3n) is 4.08. The summed E-state index contributed by atoms with van der Waals surface area (Å²) in [6, 6.07) is 10.7. The minimum Gasteiger partial charge on any atom is -0.486 e. The van der Waals surface area contributed by atoms with Gasteiger partial charge in [0.2, 0.25) is 0 Å². The molecule has 2 heterocycles. The van der Waals surface area contributed by atoms with Gasteiger partial charge in [0.25, 0.3) is 15.9 Å². The lowest BCUT2D eigenvalue weighted by Gasteiger charge is -2.19. The molecule has 0 fully saturated rings. The second kappa shape index (κ2) is 7.72. The molecule has 0 atom stereocenters. The molecule has 0 bridgehead atoms. The Bertz CT molecular complexity index is 1170. The van der Waals surface area contributed by atoms with Gasteiger partial charge in [-0.3, -0.25) is 14.8 Å². The molecule has 0 unspecified atom stereocenters. The number of para-hydroxylation sites is 1. The number of anilines is 2. The molecule has 0 spiro atoms. The van der Waals surface area contributed by atoms with Gasteiger partial charge in [0.15, 0.2) is 16.6 Å². The maximum atomic E-state index is 12.9. The Balaban J connectivity index is 1.60. The van der Waals surface area contributed by atoms with E-state index < -0.39 is 15.9 Å². The van der Waals surface area contributed by atoms with Crippen LogP contribution in [0.1, 0.15) is 15.2 Å². The number of aromatic nitrogens is 1. The number of aryl methyl sites for hydroxylation is 1. The van der Waals surface area contributed by atoms with E-state index >= 15 is 0 Å². The molecule has 1 aliphatic heterocycles. The molecule has 8 nitrogen and oxygen atoms in total. The van der Waals surface area contributed by atoms with Crippen LogP contribution in [0.25, 0.3) is 0 Å². The predicted octanol–water partition coefficient (Wildman–Crippen LogP) is 3.28. The Labute approximate surface area is 171 Å². The van der Waals surface area contributed by atoms with Crippen LogP contribution in [0.3, 0.4) is 0 Å². The predicted molar refractivity (Wildman–Crippen MR) is 109 cm³/mol. The molecule has 1 amide bonds. The van der Waals surface area contributed by atoms with Crippen molar-refractivity contribution in [3.8, 4) is 11.5 Å². The Morgan fingerprint density at radius 3 is 2.62 bits per heavy atom. The van der Waals surface area contributed by atoms with E-state index in [0.29, 0.717) is 29.8 Å². The first kappa shape index (κ1) is 19.2. The summed E-state index contributed by atoms with van der Waals surface area (Å²) in [5.74, 6) is 0.401. The van der Waals surface area contributed by atoms with E-state index in [1.54, 1.807) is 24.4 Å². The van der Waals surface area contributed by atoms with E-state index in [2.05, 4.69) is 15.0 Å². The van der Waals surface area contributed by atoms with Crippen LogP contribution in [0.5, 0.6) is 11.5 Å². The van der Waals surface area contributed by atoms with Gasteiger partial charge in [-0.2, -0.15) is 0 Å². The normalized spacial score (nSPS) is 13.0. The van der Waals surface area contributed by atoms with Crippen LogP contribution < -0.4 is 19.5 Å². The Kier molecular flexibility index (Phi) is 5.12. The SMILES string of the molecule is Cc1cnc(NC(=O)c2ccccc2NS(=O)(=O)c2ccc3c(c2)OCCO3)s1. The van der Waals surface area contributed by atoms with Gasteiger partial charge in [-0.1, -0.05) is 12.1 Å². The molecule has 1 aromatic heterocycles. The number of amides is 1. The van der Waals surface area contributed by atoms with Crippen LogP contribution in [0.4, 0.5) is 10.8 Å². The molecule has 2 N–H and O–H groups in total. The number of nitrogens with zero attached hydrogens (tertiary/aromatic N) is 1. The van der Waals surface area contributed by atoms with Crippen LogP contribution in [0, 0.1) is 6.92 Å². The standard InChI is InChI=1S/C19H17N3O5S2/c1-12-11-20-19(28-12)21-18(23)14-4-2-3-5-15(14)22-29(24,25)13-6-7-16-17(10-13)27-9-8-26-16/h2-7,10-11,22H,8-9H2,1H3,(H,20,21,23). The van der Waals surface area contributed by atoms with E-state index in [1.165, 1.54) is 35.6 Å². The van der Waals surface area contributed by atoms with Gasteiger partial charge in [-0.25, -0.2) is 13.4 Å². The largest absolute Gasteiger partial charge is 0.486 e. The lowest BCUT2D eigenvalue weighted by atomic mass is 10.2. The fraction of sp³-hybridized carbons (Fsp3) is 0.158. The van der Waals surface area contributed by atoms with Crippen LogP contribution >= 0.6 is 11.3 Å². The van der Waals surface area contributed by atoms with Crippen LogP contribution in [0.15, 0.2) is 53.6 Å². The van der Waals surface area contributed by atoms with Gasteiger partial charge in [0, 0.05) is 17.1 Å². The number of hydrogen-bond donors (Lipinski definition) is 2. The van der Waals surface area contributed by atoms with Crippen molar-refractivity contribution in [2.45, 2.75) is 11.8 Å².